The Labute approximate surface area is 202 Å². The molecule has 0 N–H and O–H groups in total. The summed E-state index contributed by atoms with van der Waals surface area (Å²) in [5, 5.41) is 0.737. The van der Waals surface area contributed by atoms with Crippen LogP contribution in [0, 0.1) is 5.92 Å². The molecule has 2 aromatic carbocycles. The van der Waals surface area contributed by atoms with E-state index in [4.69, 9.17) is 9.15 Å². The summed E-state index contributed by atoms with van der Waals surface area (Å²) in [6.07, 6.45) is 3.22. The third-order valence-corrected chi connectivity index (χ3v) is 6.60. The Morgan fingerprint density at radius 3 is 2.57 bits per heavy atom. The summed E-state index contributed by atoms with van der Waals surface area (Å²) in [5.41, 5.74) is 1.94. The average Bonchev–Trinajstić information content (AvgIpc) is 3.26. The SMILES string of the molecule is CC(OC(=O)Cn1cnc2c(oc3ccccc32)c1=O)C(=O)N1CCC(Cc2ccccc2)CC1. The Balaban J connectivity index is 1.17. The molecule has 8 nitrogen and oxygen atoms in total. The lowest BCUT2D eigenvalue weighted by atomic mass is 9.90. The van der Waals surface area contributed by atoms with Crippen molar-refractivity contribution in [1.29, 1.82) is 0 Å². The van der Waals surface area contributed by atoms with E-state index in [0.717, 1.165) is 29.2 Å². The largest absolute Gasteiger partial charge is 0.451 e. The molecule has 0 saturated carbocycles. The Morgan fingerprint density at radius 2 is 1.80 bits per heavy atom. The first-order valence-corrected chi connectivity index (χ1v) is 11.9. The fraction of sp³-hybridized carbons (Fsp3) is 0.333. The van der Waals surface area contributed by atoms with Gasteiger partial charge in [-0.25, -0.2) is 4.98 Å². The van der Waals surface area contributed by atoms with Crippen molar-refractivity contribution in [3.8, 4) is 0 Å². The lowest BCUT2D eigenvalue weighted by Gasteiger charge is -2.33. The van der Waals surface area contributed by atoms with Crippen LogP contribution < -0.4 is 5.56 Å². The van der Waals surface area contributed by atoms with Crippen molar-refractivity contribution >= 4 is 33.9 Å². The highest BCUT2D eigenvalue weighted by atomic mass is 16.5. The van der Waals surface area contributed by atoms with Crippen LogP contribution in [0.4, 0.5) is 0 Å². The van der Waals surface area contributed by atoms with Gasteiger partial charge in [0.05, 0.1) is 6.33 Å². The van der Waals surface area contributed by atoms with Crippen molar-refractivity contribution in [2.45, 2.75) is 38.8 Å². The number of para-hydroxylation sites is 1. The number of fused-ring (bicyclic) bond motifs is 3. The minimum absolute atomic E-state index is 0.0870. The van der Waals surface area contributed by atoms with E-state index in [2.05, 4.69) is 17.1 Å². The predicted molar refractivity (Wildman–Crippen MR) is 131 cm³/mol. The highest BCUT2D eigenvalue weighted by Gasteiger charge is 2.28. The Hall–Kier alpha value is -3.94. The third kappa shape index (κ3) is 4.82. The molecule has 0 aliphatic carbocycles. The molecule has 1 atom stereocenters. The van der Waals surface area contributed by atoms with Gasteiger partial charge in [0.25, 0.3) is 11.5 Å². The zero-order valence-corrected chi connectivity index (χ0v) is 19.6. The summed E-state index contributed by atoms with van der Waals surface area (Å²) in [6, 6.07) is 17.6. The fourth-order valence-corrected chi connectivity index (χ4v) is 4.71. The summed E-state index contributed by atoms with van der Waals surface area (Å²) in [7, 11) is 0. The number of benzene rings is 2. The molecule has 1 amide bonds. The van der Waals surface area contributed by atoms with Gasteiger partial charge in [-0.1, -0.05) is 42.5 Å². The van der Waals surface area contributed by atoms with Gasteiger partial charge in [0.2, 0.25) is 5.58 Å². The molecule has 4 aromatic rings. The monoisotopic (exact) mass is 473 g/mol. The number of hydrogen-bond donors (Lipinski definition) is 0. The molecule has 1 unspecified atom stereocenters. The van der Waals surface area contributed by atoms with Gasteiger partial charge >= 0.3 is 5.97 Å². The third-order valence-electron chi connectivity index (χ3n) is 6.60. The maximum atomic E-state index is 12.8. The number of rotatable bonds is 6. The molecule has 0 bridgehead atoms. The lowest BCUT2D eigenvalue weighted by Crippen LogP contribution is -2.45. The first-order valence-electron chi connectivity index (χ1n) is 11.9. The number of likely N-dealkylation sites (tertiary alicyclic amines) is 1. The van der Waals surface area contributed by atoms with E-state index in [1.165, 1.54) is 11.9 Å². The number of esters is 1. The van der Waals surface area contributed by atoms with Crippen molar-refractivity contribution < 1.29 is 18.7 Å². The quantitative estimate of drug-likeness (QED) is 0.398. The number of hydrogen-bond acceptors (Lipinski definition) is 6. The molecule has 180 valence electrons. The summed E-state index contributed by atoms with van der Waals surface area (Å²) in [4.78, 5) is 44.2. The van der Waals surface area contributed by atoms with Crippen LogP contribution in [0.5, 0.6) is 0 Å². The fourth-order valence-electron chi connectivity index (χ4n) is 4.71. The van der Waals surface area contributed by atoms with E-state index in [1.807, 2.05) is 36.4 Å². The molecule has 0 radical (unpaired) electrons. The van der Waals surface area contributed by atoms with Crippen LogP contribution in [-0.2, 0) is 27.3 Å². The summed E-state index contributed by atoms with van der Waals surface area (Å²) in [6.45, 7) is 2.50. The van der Waals surface area contributed by atoms with E-state index in [-0.39, 0.29) is 18.0 Å². The summed E-state index contributed by atoms with van der Waals surface area (Å²) < 4.78 is 12.1. The smallest absolute Gasteiger partial charge is 0.326 e. The van der Waals surface area contributed by atoms with Crippen LogP contribution in [0.15, 0.2) is 70.1 Å². The molecule has 5 rings (SSSR count). The zero-order chi connectivity index (χ0) is 24.4. The number of aromatic nitrogens is 2. The first kappa shape index (κ1) is 22.8. The van der Waals surface area contributed by atoms with E-state index in [9.17, 15) is 14.4 Å². The van der Waals surface area contributed by atoms with Crippen LogP contribution in [0.2, 0.25) is 0 Å². The molecule has 1 saturated heterocycles. The second-order valence-electron chi connectivity index (χ2n) is 9.04. The number of piperidine rings is 1. The van der Waals surface area contributed by atoms with Crippen LogP contribution in [0.3, 0.4) is 0 Å². The molecule has 8 heteroatoms. The van der Waals surface area contributed by atoms with Gasteiger partial charge < -0.3 is 14.1 Å². The number of furan rings is 1. The number of amides is 1. The van der Waals surface area contributed by atoms with Crippen molar-refractivity contribution in [2.24, 2.45) is 5.92 Å². The van der Waals surface area contributed by atoms with Crippen molar-refractivity contribution in [2.75, 3.05) is 13.1 Å². The Kier molecular flexibility index (Phi) is 6.35. The highest BCUT2D eigenvalue weighted by Crippen LogP contribution is 2.24. The van der Waals surface area contributed by atoms with Crippen LogP contribution in [0.1, 0.15) is 25.3 Å². The molecule has 1 aliphatic heterocycles. The van der Waals surface area contributed by atoms with Crippen LogP contribution in [0.25, 0.3) is 22.1 Å². The molecule has 35 heavy (non-hydrogen) atoms. The van der Waals surface area contributed by atoms with Gasteiger partial charge in [-0.05, 0) is 49.8 Å². The zero-order valence-electron chi connectivity index (χ0n) is 19.6. The van der Waals surface area contributed by atoms with E-state index >= 15 is 0 Å². The number of nitrogens with zero attached hydrogens (tertiary/aromatic N) is 3. The number of ether oxygens (including phenoxy) is 1. The van der Waals surface area contributed by atoms with Crippen LogP contribution >= 0.6 is 0 Å². The number of carbonyl (C=O) groups is 2. The lowest BCUT2D eigenvalue weighted by molar-refractivity contribution is -0.160. The minimum atomic E-state index is -0.924. The van der Waals surface area contributed by atoms with Crippen molar-refractivity contribution in [3.05, 3.63) is 76.8 Å². The van der Waals surface area contributed by atoms with Gasteiger partial charge in [0, 0.05) is 18.5 Å². The molecule has 1 fully saturated rings. The molecular formula is C27H27N3O5. The second kappa shape index (κ2) is 9.74. The predicted octanol–water partition coefficient (Wildman–Crippen LogP) is 3.56. The van der Waals surface area contributed by atoms with Crippen molar-refractivity contribution in [1.82, 2.24) is 14.5 Å². The van der Waals surface area contributed by atoms with Gasteiger partial charge in [-0.15, -0.1) is 0 Å². The summed E-state index contributed by atoms with van der Waals surface area (Å²) >= 11 is 0. The maximum Gasteiger partial charge on any atom is 0.326 e. The van der Waals surface area contributed by atoms with Gasteiger partial charge in [-0.3, -0.25) is 19.0 Å². The average molecular weight is 474 g/mol. The molecule has 1 aliphatic rings. The molecule has 0 spiro atoms. The van der Waals surface area contributed by atoms with E-state index in [0.29, 0.717) is 30.1 Å². The molecule has 3 heterocycles. The summed E-state index contributed by atoms with van der Waals surface area (Å²) in [5.74, 6) is -0.356. The Bertz CT molecular complexity index is 1420. The highest BCUT2D eigenvalue weighted by molar-refractivity contribution is 6.01. The normalized spacial score (nSPS) is 15.4. The standard InChI is InChI=1S/C27H27N3O5/c1-18(26(32)29-13-11-20(12-14-29)15-19-7-3-2-4-8-19)34-23(31)16-30-17-28-24-21-9-5-6-10-22(21)35-25(24)27(30)33/h2-10,17-18,20H,11-16H2,1H3. The van der Waals surface area contributed by atoms with E-state index < -0.39 is 17.6 Å². The molecule has 2 aromatic heterocycles. The topological polar surface area (TPSA) is 94.6 Å². The van der Waals surface area contributed by atoms with Crippen LogP contribution in [-0.4, -0.2) is 45.5 Å². The van der Waals surface area contributed by atoms with Gasteiger partial charge in [0.15, 0.2) is 6.10 Å². The molecular weight excluding hydrogens is 446 g/mol. The maximum absolute atomic E-state index is 12.8. The number of carbonyl (C=O) groups excluding carboxylic acids is 2. The van der Waals surface area contributed by atoms with Gasteiger partial charge in [-0.2, -0.15) is 0 Å². The van der Waals surface area contributed by atoms with E-state index in [1.54, 1.807) is 17.9 Å². The Morgan fingerprint density at radius 1 is 1.09 bits per heavy atom. The van der Waals surface area contributed by atoms with Gasteiger partial charge in [0.1, 0.15) is 17.6 Å². The minimum Gasteiger partial charge on any atom is -0.451 e. The van der Waals surface area contributed by atoms with Crippen molar-refractivity contribution in [3.63, 3.8) is 0 Å². The first-order chi connectivity index (χ1) is 17.0. The second-order valence-corrected chi connectivity index (χ2v) is 9.04.